The first-order valence-corrected chi connectivity index (χ1v) is 9.41. The number of nitrogens with one attached hydrogen (secondary N) is 1. The van der Waals surface area contributed by atoms with Gasteiger partial charge in [0.05, 0.1) is 19.7 Å². The molecule has 6 heteroatoms. The molecule has 0 aliphatic carbocycles. The molecule has 2 aromatic carbocycles. The second-order valence-corrected chi connectivity index (χ2v) is 6.71. The first-order valence-electron chi connectivity index (χ1n) is 9.41. The van der Waals surface area contributed by atoms with Gasteiger partial charge in [-0.05, 0) is 50.7 Å². The van der Waals surface area contributed by atoms with Gasteiger partial charge < -0.3 is 15.0 Å². The van der Waals surface area contributed by atoms with Crippen molar-refractivity contribution < 1.29 is 14.3 Å². The molecule has 6 nitrogen and oxygen atoms in total. The van der Waals surface area contributed by atoms with Crippen molar-refractivity contribution in [3.63, 3.8) is 0 Å². The van der Waals surface area contributed by atoms with Gasteiger partial charge >= 0.3 is 0 Å². The Kier molecular flexibility index (Phi) is 8.02. The minimum absolute atomic E-state index is 0.00565. The molecule has 0 unspecified atom stereocenters. The van der Waals surface area contributed by atoms with Gasteiger partial charge in [-0.2, -0.15) is 0 Å². The molecule has 0 spiro atoms. The van der Waals surface area contributed by atoms with E-state index in [1.54, 1.807) is 48.2 Å². The lowest BCUT2D eigenvalue weighted by Gasteiger charge is -2.29. The topological polar surface area (TPSA) is 61.9 Å². The van der Waals surface area contributed by atoms with Crippen molar-refractivity contribution in [1.29, 1.82) is 0 Å². The van der Waals surface area contributed by atoms with E-state index in [1.165, 1.54) is 0 Å². The lowest BCUT2D eigenvalue weighted by atomic mass is 10.2. The lowest BCUT2D eigenvalue weighted by Crippen LogP contribution is -2.47. The third-order valence-electron chi connectivity index (χ3n) is 4.69. The van der Waals surface area contributed by atoms with E-state index >= 15 is 0 Å². The Morgan fingerprint density at radius 1 is 1.07 bits per heavy atom. The lowest BCUT2D eigenvalue weighted by molar-refractivity contribution is -0.136. The third kappa shape index (κ3) is 6.09. The van der Waals surface area contributed by atoms with Crippen LogP contribution in [0.3, 0.4) is 0 Å². The molecule has 28 heavy (non-hydrogen) atoms. The molecule has 1 N–H and O–H groups in total. The van der Waals surface area contributed by atoms with Gasteiger partial charge in [-0.15, -0.1) is 0 Å². The maximum Gasteiger partial charge on any atom is 0.239 e. The van der Waals surface area contributed by atoms with Gasteiger partial charge in [-0.1, -0.05) is 30.3 Å². The van der Waals surface area contributed by atoms with Crippen molar-refractivity contribution in [2.45, 2.75) is 26.4 Å². The number of hydrogen-bond donors (Lipinski definition) is 1. The smallest absolute Gasteiger partial charge is 0.239 e. The van der Waals surface area contributed by atoms with E-state index in [-0.39, 0.29) is 18.4 Å². The van der Waals surface area contributed by atoms with Crippen molar-refractivity contribution in [2.24, 2.45) is 0 Å². The molecule has 2 aromatic rings. The largest absolute Gasteiger partial charge is 0.497 e. The fourth-order valence-corrected chi connectivity index (χ4v) is 2.84. The summed E-state index contributed by atoms with van der Waals surface area (Å²) in [6.45, 7) is 5.10. The van der Waals surface area contributed by atoms with Crippen LogP contribution in [0.2, 0.25) is 0 Å². The normalized spacial score (nSPS) is 11.8. The van der Waals surface area contributed by atoms with E-state index in [2.05, 4.69) is 5.32 Å². The molecule has 0 bridgehead atoms. The van der Waals surface area contributed by atoms with Crippen LogP contribution in [0.25, 0.3) is 0 Å². The number of nitrogens with zero attached hydrogens (tertiary/aromatic N) is 2. The molecule has 0 saturated heterocycles. The Morgan fingerprint density at radius 3 is 2.29 bits per heavy atom. The summed E-state index contributed by atoms with van der Waals surface area (Å²) < 4.78 is 5.11. The number of methoxy groups -OCH3 is 1. The Bertz CT molecular complexity index is 762. The van der Waals surface area contributed by atoms with Crippen LogP contribution in [0.15, 0.2) is 54.6 Å². The maximum atomic E-state index is 12.9. The van der Waals surface area contributed by atoms with Crippen LogP contribution in [0.1, 0.15) is 19.4 Å². The molecule has 0 heterocycles. The second kappa shape index (κ2) is 10.5. The number of anilines is 1. The van der Waals surface area contributed by atoms with Gasteiger partial charge in [0.25, 0.3) is 0 Å². The minimum atomic E-state index is -0.398. The highest BCUT2D eigenvalue weighted by Gasteiger charge is 2.24. The quantitative estimate of drug-likeness (QED) is 0.723. The van der Waals surface area contributed by atoms with Gasteiger partial charge in [0.15, 0.2) is 0 Å². The van der Waals surface area contributed by atoms with E-state index in [0.29, 0.717) is 18.8 Å². The Morgan fingerprint density at radius 2 is 1.71 bits per heavy atom. The minimum Gasteiger partial charge on any atom is -0.497 e. The number of carbonyl (C=O) groups is 2. The summed E-state index contributed by atoms with van der Waals surface area (Å²) in [4.78, 5) is 28.8. The highest BCUT2D eigenvalue weighted by atomic mass is 16.5. The molecule has 0 aromatic heterocycles. The maximum absolute atomic E-state index is 12.9. The fourth-order valence-electron chi connectivity index (χ4n) is 2.84. The van der Waals surface area contributed by atoms with Crippen LogP contribution in [-0.2, 0) is 16.1 Å². The summed E-state index contributed by atoms with van der Waals surface area (Å²) in [5.74, 6) is 0.567. The molecular weight excluding hydrogens is 354 g/mol. The van der Waals surface area contributed by atoms with E-state index in [4.69, 9.17) is 4.74 Å². The molecule has 2 rings (SSSR count). The number of amides is 2. The Balaban J connectivity index is 1.90. The molecule has 0 aliphatic heterocycles. The summed E-state index contributed by atoms with van der Waals surface area (Å²) in [5, 5.41) is 2.84. The van der Waals surface area contributed by atoms with Crippen LogP contribution in [0.4, 0.5) is 5.69 Å². The Hall–Kier alpha value is -2.86. The molecular formula is C22H29N3O3. The monoisotopic (exact) mass is 383 g/mol. The zero-order valence-corrected chi connectivity index (χ0v) is 17.0. The number of rotatable bonds is 9. The standard InChI is InChI=1S/C22H29N3O3/c1-5-25(15-18-9-7-6-8-10-18)22(27)17(2)24(3)16-21(26)23-19-11-13-20(28-4)14-12-19/h6-14,17H,5,15-16H2,1-4H3,(H,23,26)/t17-/m1/s1. The average Bonchev–Trinajstić information content (AvgIpc) is 2.72. The van der Waals surface area contributed by atoms with Crippen LogP contribution >= 0.6 is 0 Å². The first-order chi connectivity index (χ1) is 13.4. The van der Waals surface area contributed by atoms with E-state index in [1.807, 2.05) is 44.2 Å². The summed E-state index contributed by atoms with van der Waals surface area (Å²) >= 11 is 0. The number of likely N-dealkylation sites (N-methyl/N-ethyl adjacent to an activating group) is 2. The zero-order chi connectivity index (χ0) is 20.5. The van der Waals surface area contributed by atoms with E-state index < -0.39 is 6.04 Å². The SMILES string of the molecule is CCN(Cc1ccccc1)C(=O)[C@@H](C)N(C)CC(=O)Nc1ccc(OC)cc1. The number of hydrogen-bond acceptors (Lipinski definition) is 4. The molecule has 2 amide bonds. The van der Waals surface area contributed by atoms with Crippen molar-refractivity contribution in [1.82, 2.24) is 9.80 Å². The molecule has 0 saturated carbocycles. The van der Waals surface area contributed by atoms with Gasteiger partial charge in [0.1, 0.15) is 5.75 Å². The third-order valence-corrected chi connectivity index (χ3v) is 4.69. The van der Waals surface area contributed by atoms with Crippen molar-refractivity contribution in [2.75, 3.05) is 32.6 Å². The van der Waals surface area contributed by atoms with Crippen LogP contribution in [0, 0.1) is 0 Å². The predicted molar refractivity (Wildman–Crippen MR) is 111 cm³/mol. The highest BCUT2D eigenvalue weighted by Crippen LogP contribution is 2.15. The first kappa shape index (κ1) is 21.4. The van der Waals surface area contributed by atoms with Crippen molar-refractivity contribution in [3.8, 4) is 5.75 Å². The van der Waals surface area contributed by atoms with Gasteiger partial charge in [-0.3, -0.25) is 14.5 Å². The molecule has 0 fully saturated rings. The molecule has 150 valence electrons. The van der Waals surface area contributed by atoms with Gasteiger partial charge in [0, 0.05) is 18.8 Å². The molecule has 0 radical (unpaired) electrons. The Labute approximate surface area is 167 Å². The molecule has 0 aliphatic rings. The summed E-state index contributed by atoms with van der Waals surface area (Å²) in [6.07, 6.45) is 0. The van der Waals surface area contributed by atoms with E-state index in [9.17, 15) is 9.59 Å². The average molecular weight is 383 g/mol. The number of benzene rings is 2. The van der Waals surface area contributed by atoms with Crippen molar-refractivity contribution in [3.05, 3.63) is 60.2 Å². The van der Waals surface area contributed by atoms with Crippen molar-refractivity contribution >= 4 is 17.5 Å². The number of carbonyl (C=O) groups excluding carboxylic acids is 2. The van der Waals surface area contributed by atoms with Crippen LogP contribution in [-0.4, -0.2) is 54.9 Å². The highest BCUT2D eigenvalue weighted by molar-refractivity contribution is 5.92. The summed E-state index contributed by atoms with van der Waals surface area (Å²) in [5.41, 5.74) is 1.78. The summed E-state index contributed by atoms with van der Waals surface area (Å²) in [6, 6.07) is 16.6. The molecule has 1 atom stereocenters. The van der Waals surface area contributed by atoms with E-state index in [0.717, 1.165) is 11.3 Å². The van der Waals surface area contributed by atoms with Gasteiger partial charge in [-0.25, -0.2) is 0 Å². The number of ether oxygens (including phenoxy) is 1. The predicted octanol–water partition coefficient (Wildman–Crippen LogP) is 3.00. The summed E-state index contributed by atoms with van der Waals surface area (Å²) in [7, 11) is 3.38. The van der Waals surface area contributed by atoms with Crippen LogP contribution < -0.4 is 10.1 Å². The fraction of sp³-hybridized carbons (Fsp3) is 0.364. The van der Waals surface area contributed by atoms with Gasteiger partial charge in [0.2, 0.25) is 11.8 Å². The second-order valence-electron chi connectivity index (χ2n) is 6.71. The zero-order valence-electron chi connectivity index (χ0n) is 17.0. The van der Waals surface area contributed by atoms with Crippen LogP contribution in [0.5, 0.6) is 5.75 Å².